The Kier molecular flexibility index (Phi) is 7.06. The zero-order valence-electron chi connectivity index (χ0n) is 16.4. The van der Waals surface area contributed by atoms with E-state index >= 15 is 0 Å². The molecule has 2 aromatic rings. The quantitative estimate of drug-likeness (QED) is 0.726. The SMILES string of the molecule is CCCOc1ccc(C(=O)Nc2ccc(C(=O)NC3CCCCC3)cc2)cc1. The number of carbonyl (C=O) groups excluding carboxylic acids is 2. The summed E-state index contributed by atoms with van der Waals surface area (Å²) in [6, 6.07) is 14.4. The van der Waals surface area contributed by atoms with Crippen LogP contribution in [0.3, 0.4) is 0 Å². The highest BCUT2D eigenvalue weighted by atomic mass is 16.5. The summed E-state index contributed by atoms with van der Waals surface area (Å²) in [4.78, 5) is 24.8. The normalized spacial score (nSPS) is 14.3. The van der Waals surface area contributed by atoms with Gasteiger partial charge in [-0.25, -0.2) is 0 Å². The Morgan fingerprint density at radius 3 is 2.14 bits per heavy atom. The van der Waals surface area contributed by atoms with Gasteiger partial charge in [0, 0.05) is 22.9 Å². The maximum Gasteiger partial charge on any atom is 0.255 e. The monoisotopic (exact) mass is 380 g/mol. The summed E-state index contributed by atoms with van der Waals surface area (Å²) in [5, 5.41) is 5.96. The summed E-state index contributed by atoms with van der Waals surface area (Å²) in [7, 11) is 0. The van der Waals surface area contributed by atoms with Crippen LogP contribution in [0.5, 0.6) is 5.75 Å². The molecule has 0 aromatic heterocycles. The molecule has 3 rings (SSSR count). The standard InChI is InChI=1S/C23H28N2O3/c1-2-16-28-21-14-10-18(11-15-21)23(27)25-20-12-8-17(9-13-20)22(26)24-19-6-4-3-5-7-19/h8-15,19H,2-7,16H2,1H3,(H,24,26)(H,25,27). The van der Waals surface area contributed by atoms with Crippen LogP contribution in [0.1, 0.15) is 66.2 Å². The van der Waals surface area contributed by atoms with Gasteiger partial charge in [-0.1, -0.05) is 26.2 Å². The van der Waals surface area contributed by atoms with Crippen molar-refractivity contribution in [2.75, 3.05) is 11.9 Å². The summed E-state index contributed by atoms with van der Waals surface area (Å²) in [6.45, 7) is 2.71. The van der Waals surface area contributed by atoms with E-state index in [-0.39, 0.29) is 17.9 Å². The number of anilines is 1. The second kappa shape index (κ2) is 9.93. The van der Waals surface area contributed by atoms with Crippen LogP contribution in [0.4, 0.5) is 5.69 Å². The summed E-state index contributed by atoms with van der Waals surface area (Å²) in [6.07, 6.45) is 6.68. The number of amides is 2. The number of carbonyl (C=O) groups is 2. The Balaban J connectivity index is 1.54. The zero-order valence-corrected chi connectivity index (χ0v) is 16.4. The molecule has 0 atom stereocenters. The topological polar surface area (TPSA) is 67.4 Å². The third-order valence-corrected chi connectivity index (χ3v) is 4.93. The first-order chi connectivity index (χ1) is 13.7. The van der Waals surface area contributed by atoms with Crippen molar-refractivity contribution in [1.29, 1.82) is 0 Å². The van der Waals surface area contributed by atoms with Gasteiger partial charge in [0.2, 0.25) is 0 Å². The Bertz CT molecular complexity index is 778. The van der Waals surface area contributed by atoms with Gasteiger partial charge in [0.1, 0.15) is 5.75 Å². The molecular weight excluding hydrogens is 352 g/mol. The lowest BCUT2D eigenvalue weighted by Crippen LogP contribution is -2.36. The van der Waals surface area contributed by atoms with Gasteiger partial charge in [-0.2, -0.15) is 0 Å². The summed E-state index contributed by atoms with van der Waals surface area (Å²) in [5.41, 5.74) is 1.83. The zero-order chi connectivity index (χ0) is 19.8. The molecule has 1 fully saturated rings. The Labute approximate surface area is 166 Å². The maximum absolute atomic E-state index is 12.4. The first kappa shape index (κ1) is 19.9. The van der Waals surface area contributed by atoms with E-state index in [4.69, 9.17) is 4.74 Å². The van der Waals surface area contributed by atoms with Crippen LogP contribution >= 0.6 is 0 Å². The molecule has 0 spiro atoms. The molecule has 28 heavy (non-hydrogen) atoms. The van der Waals surface area contributed by atoms with Gasteiger partial charge < -0.3 is 15.4 Å². The average molecular weight is 380 g/mol. The number of benzene rings is 2. The minimum Gasteiger partial charge on any atom is -0.494 e. The lowest BCUT2D eigenvalue weighted by atomic mass is 9.95. The summed E-state index contributed by atoms with van der Waals surface area (Å²) >= 11 is 0. The van der Waals surface area contributed by atoms with Gasteiger partial charge >= 0.3 is 0 Å². The first-order valence-electron chi connectivity index (χ1n) is 10.1. The molecule has 0 aliphatic heterocycles. The van der Waals surface area contributed by atoms with E-state index in [1.54, 1.807) is 48.5 Å². The van der Waals surface area contributed by atoms with Crippen molar-refractivity contribution in [2.24, 2.45) is 0 Å². The van der Waals surface area contributed by atoms with Crippen LogP contribution in [0.25, 0.3) is 0 Å². The fourth-order valence-electron chi connectivity index (χ4n) is 3.35. The highest BCUT2D eigenvalue weighted by Crippen LogP contribution is 2.19. The lowest BCUT2D eigenvalue weighted by Gasteiger charge is -2.22. The molecule has 148 valence electrons. The predicted octanol–water partition coefficient (Wildman–Crippen LogP) is 4.79. The molecule has 2 aromatic carbocycles. The molecule has 2 N–H and O–H groups in total. The van der Waals surface area contributed by atoms with Crippen molar-refractivity contribution in [3.8, 4) is 5.75 Å². The minimum absolute atomic E-state index is 0.0487. The van der Waals surface area contributed by atoms with E-state index in [0.29, 0.717) is 23.4 Å². The molecule has 2 amide bonds. The van der Waals surface area contributed by atoms with Crippen LogP contribution in [0.15, 0.2) is 48.5 Å². The van der Waals surface area contributed by atoms with Gasteiger partial charge in [0.15, 0.2) is 0 Å². The van der Waals surface area contributed by atoms with Gasteiger partial charge in [0.25, 0.3) is 11.8 Å². The Morgan fingerprint density at radius 2 is 1.50 bits per heavy atom. The average Bonchev–Trinajstić information content (AvgIpc) is 2.74. The van der Waals surface area contributed by atoms with E-state index in [2.05, 4.69) is 10.6 Å². The van der Waals surface area contributed by atoms with Crippen molar-refractivity contribution in [3.05, 3.63) is 59.7 Å². The van der Waals surface area contributed by atoms with Gasteiger partial charge in [-0.05, 0) is 67.8 Å². The fraction of sp³-hybridized carbons (Fsp3) is 0.391. The third-order valence-electron chi connectivity index (χ3n) is 4.93. The molecule has 0 saturated heterocycles. The van der Waals surface area contributed by atoms with Crippen molar-refractivity contribution in [2.45, 2.75) is 51.5 Å². The number of hydrogen-bond acceptors (Lipinski definition) is 3. The van der Waals surface area contributed by atoms with Crippen molar-refractivity contribution in [3.63, 3.8) is 0 Å². The molecule has 5 heteroatoms. The van der Waals surface area contributed by atoms with Gasteiger partial charge in [-0.15, -0.1) is 0 Å². The molecule has 0 radical (unpaired) electrons. The van der Waals surface area contributed by atoms with E-state index < -0.39 is 0 Å². The van der Waals surface area contributed by atoms with Crippen LogP contribution in [-0.2, 0) is 0 Å². The maximum atomic E-state index is 12.4. The predicted molar refractivity (Wildman–Crippen MR) is 111 cm³/mol. The largest absolute Gasteiger partial charge is 0.494 e. The second-order valence-electron chi connectivity index (χ2n) is 7.21. The summed E-state index contributed by atoms with van der Waals surface area (Å²) < 4.78 is 5.53. The first-order valence-corrected chi connectivity index (χ1v) is 10.1. The molecular formula is C23H28N2O3. The molecule has 0 bridgehead atoms. The molecule has 0 heterocycles. The highest BCUT2D eigenvalue weighted by Gasteiger charge is 2.16. The molecule has 0 unspecified atom stereocenters. The van der Waals surface area contributed by atoms with Crippen LogP contribution in [0.2, 0.25) is 0 Å². The highest BCUT2D eigenvalue weighted by molar-refractivity contribution is 6.04. The smallest absolute Gasteiger partial charge is 0.255 e. The van der Waals surface area contributed by atoms with E-state index in [1.165, 1.54) is 19.3 Å². The lowest BCUT2D eigenvalue weighted by molar-refractivity contribution is 0.0927. The van der Waals surface area contributed by atoms with Crippen molar-refractivity contribution >= 4 is 17.5 Å². The number of ether oxygens (including phenoxy) is 1. The minimum atomic E-state index is -0.193. The van der Waals surface area contributed by atoms with E-state index in [1.807, 2.05) is 6.92 Å². The number of nitrogens with one attached hydrogen (secondary N) is 2. The van der Waals surface area contributed by atoms with Crippen LogP contribution < -0.4 is 15.4 Å². The number of rotatable bonds is 7. The van der Waals surface area contributed by atoms with E-state index in [9.17, 15) is 9.59 Å². The Morgan fingerprint density at radius 1 is 0.893 bits per heavy atom. The van der Waals surface area contributed by atoms with Gasteiger partial charge in [-0.3, -0.25) is 9.59 Å². The van der Waals surface area contributed by atoms with Crippen LogP contribution in [0, 0.1) is 0 Å². The molecule has 1 aliphatic carbocycles. The second-order valence-corrected chi connectivity index (χ2v) is 7.21. The van der Waals surface area contributed by atoms with E-state index in [0.717, 1.165) is 25.0 Å². The Hall–Kier alpha value is -2.82. The summed E-state index contributed by atoms with van der Waals surface area (Å²) in [5.74, 6) is 0.514. The van der Waals surface area contributed by atoms with Gasteiger partial charge in [0.05, 0.1) is 6.61 Å². The fourth-order valence-corrected chi connectivity index (χ4v) is 3.35. The molecule has 1 saturated carbocycles. The number of hydrogen-bond donors (Lipinski definition) is 2. The van der Waals surface area contributed by atoms with Crippen LogP contribution in [-0.4, -0.2) is 24.5 Å². The van der Waals surface area contributed by atoms with Crippen molar-refractivity contribution in [1.82, 2.24) is 5.32 Å². The third kappa shape index (κ3) is 5.59. The molecule has 5 nitrogen and oxygen atoms in total. The molecule has 1 aliphatic rings. The van der Waals surface area contributed by atoms with Crippen molar-refractivity contribution < 1.29 is 14.3 Å².